The molecule has 0 unspecified atom stereocenters. The number of fused-ring (bicyclic) bond motifs is 1. The third-order valence-electron chi connectivity index (χ3n) is 2.00. The predicted molar refractivity (Wildman–Crippen MR) is 42.7 cm³/mol. The molecular formula is C8H14O4. The van der Waals surface area contributed by atoms with E-state index in [1.54, 1.807) is 0 Å². The van der Waals surface area contributed by atoms with Crippen LogP contribution < -0.4 is 0 Å². The lowest BCUT2D eigenvalue weighted by Crippen LogP contribution is -2.30. The molecule has 0 aromatic carbocycles. The quantitative estimate of drug-likeness (QED) is 0.477. The van der Waals surface area contributed by atoms with Crippen LogP contribution in [0.4, 0.5) is 0 Å². The number of hydrogen-bond donors (Lipinski definition) is 2. The highest BCUT2D eigenvalue weighted by Crippen LogP contribution is 2.26. The summed E-state index contributed by atoms with van der Waals surface area (Å²) in [5.74, 6) is 0. The topological polar surface area (TPSA) is 58.9 Å². The van der Waals surface area contributed by atoms with Crippen molar-refractivity contribution in [1.29, 1.82) is 0 Å². The summed E-state index contributed by atoms with van der Waals surface area (Å²) < 4.78 is 10.2. The van der Waals surface area contributed by atoms with E-state index in [1.807, 2.05) is 0 Å². The summed E-state index contributed by atoms with van der Waals surface area (Å²) in [6.45, 7) is 6.57. The van der Waals surface area contributed by atoms with E-state index in [0.717, 1.165) is 0 Å². The van der Waals surface area contributed by atoms with E-state index in [-0.39, 0.29) is 25.4 Å². The van der Waals surface area contributed by atoms with Crippen LogP contribution in [0.5, 0.6) is 0 Å². The standard InChI is InChI=1S/C6H10O4.C2H4/c7-3-1-9-6-4(8)2-10-5(3)6;1-2/h3-8H,1-2H2;1-2H2/t3-,4+,5-,6-;/m1./s1. The highest BCUT2D eigenvalue weighted by atomic mass is 16.6. The van der Waals surface area contributed by atoms with Crippen LogP contribution in [-0.4, -0.2) is 47.8 Å². The second kappa shape index (κ2) is 4.00. The van der Waals surface area contributed by atoms with Gasteiger partial charge in [0.05, 0.1) is 13.2 Å². The molecule has 0 spiro atoms. The molecule has 0 amide bonds. The van der Waals surface area contributed by atoms with Crippen LogP contribution in [0.2, 0.25) is 0 Å². The first-order valence-electron chi connectivity index (χ1n) is 3.88. The van der Waals surface area contributed by atoms with Gasteiger partial charge < -0.3 is 19.7 Å². The minimum absolute atomic E-state index is 0.284. The lowest BCUT2D eigenvalue weighted by molar-refractivity contribution is 0.00205. The first kappa shape index (κ1) is 9.67. The van der Waals surface area contributed by atoms with Crippen molar-refractivity contribution in [3.63, 3.8) is 0 Å². The van der Waals surface area contributed by atoms with Crippen molar-refractivity contribution in [2.24, 2.45) is 0 Å². The minimum atomic E-state index is -0.554. The molecule has 0 radical (unpaired) electrons. The summed E-state index contributed by atoms with van der Waals surface area (Å²) in [5, 5.41) is 18.3. The minimum Gasteiger partial charge on any atom is -0.388 e. The largest absolute Gasteiger partial charge is 0.388 e. The molecule has 4 nitrogen and oxygen atoms in total. The first-order chi connectivity index (χ1) is 5.79. The molecule has 70 valence electrons. The van der Waals surface area contributed by atoms with E-state index in [9.17, 15) is 0 Å². The highest BCUT2D eigenvalue weighted by Gasteiger charge is 2.46. The third-order valence-corrected chi connectivity index (χ3v) is 2.00. The van der Waals surface area contributed by atoms with Gasteiger partial charge in [-0.15, -0.1) is 13.2 Å². The Morgan fingerprint density at radius 2 is 1.25 bits per heavy atom. The van der Waals surface area contributed by atoms with Gasteiger partial charge in [-0.05, 0) is 0 Å². The Bertz CT molecular complexity index is 134. The van der Waals surface area contributed by atoms with Gasteiger partial charge in [0.1, 0.15) is 24.4 Å². The van der Waals surface area contributed by atoms with Crippen molar-refractivity contribution < 1.29 is 19.7 Å². The molecule has 4 heteroatoms. The zero-order chi connectivity index (χ0) is 9.14. The molecule has 0 aromatic heterocycles. The fourth-order valence-corrected chi connectivity index (χ4v) is 1.46. The number of aliphatic hydroxyl groups is 2. The Hall–Kier alpha value is -0.420. The molecular weight excluding hydrogens is 160 g/mol. The maximum atomic E-state index is 9.16. The molecule has 2 saturated heterocycles. The SMILES string of the molecule is C=C.O[C@@H]1CO[C@H]2[C@@H]1OC[C@@H]2O. The second-order valence-electron chi connectivity index (χ2n) is 2.73. The number of aliphatic hydroxyl groups excluding tert-OH is 2. The molecule has 4 atom stereocenters. The number of hydrogen-bond acceptors (Lipinski definition) is 4. The average molecular weight is 174 g/mol. The van der Waals surface area contributed by atoms with E-state index in [1.165, 1.54) is 0 Å². The maximum Gasteiger partial charge on any atom is 0.114 e. The van der Waals surface area contributed by atoms with Crippen molar-refractivity contribution in [1.82, 2.24) is 0 Å². The van der Waals surface area contributed by atoms with Gasteiger partial charge in [-0.1, -0.05) is 0 Å². The fraction of sp³-hybridized carbons (Fsp3) is 0.750. The highest BCUT2D eigenvalue weighted by molar-refractivity contribution is 4.93. The third kappa shape index (κ3) is 1.51. The molecule has 2 rings (SSSR count). The average Bonchev–Trinajstić information content (AvgIpc) is 2.62. The summed E-state index contributed by atoms with van der Waals surface area (Å²) in [7, 11) is 0. The van der Waals surface area contributed by atoms with Gasteiger partial charge in [0.2, 0.25) is 0 Å². The van der Waals surface area contributed by atoms with Crippen LogP contribution >= 0.6 is 0 Å². The van der Waals surface area contributed by atoms with Gasteiger partial charge in [0, 0.05) is 0 Å². The molecule has 0 saturated carbocycles. The van der Waals surface area contributed by atoms with E-state index < -0.39 is 12.2 Å². The molecule has 12 heavy (non-hydrogen) atoms. The molecule has 0 aromatic rings. The van der Waals surface area contributed by atoms with Crippen molar-refractivity contribution in [3.8, 4) is 0 Å². The van der Waals surface area contributed by atoms with E-state index in [4.69, 9.17) is 19.7 Å². The molecule has 2 N–H and O–H groups in total. The van der Waals surface area contributed by atoms with Gasteiger partial charge in [-0.25, -0.2) is 0 Å². The van der Waals surface area contributed by atoms with E-state index >= 15 is 0 Å². The predicted octanol–water partition coefficient (Wildman–Crippen LogP) is -0.692. The normalized spacial score (nSPS) is 44.8. The molecule has 0 bridgehead atoms. The van der Waals surface area contributed by atoms with Crippen molar-refractivity contribution in [2.75, 3.05) is 13.2 Å². The van der Waals surface area contributed by atoms with Gasteiger partial charge in [-0.3, -0.25) is 0 Å². The number of rotatable bonds is 0. The molecule has 2 heterocycles. The summed E-state index contributed by atoms with van der Waals surface area (Å²) in [5.41, 5.74) is 0. The van der Waals surface area contributed by atoms with E-state index in [0.29, 0.717) is 0 Å². The van der Waals surface area contributed by atoms with Gasteiger partial charge in [0.15, 0.2) is 0 Å². The van der Waals surface area contributed by atoms with Gasteiger partial charge >= 0.3 is 0 Å². The Morgan fingerprint density at radius 3 is 1.58 bits per heavy atom. The molecule has 2 aliphatic rings. The Kier molecular flexibility index (Phi) is 3.22. The molecule has 2 aliphatic heterocycles. The van der Waals surface area contributed by atoms with Crippen LogP contribution in [-0.2, 0) is 9.47 Å². The summed E-state index contributed by atoms with van der Waals surface area (Å²) in [6.07, 6.45) is -1.70. The Labute approximate surface area is 71.4 Å². The zero-order valence-corrected chi connectivity index (χ0v) is 6.85. The smallest absolute Gasteiger partial charge is 0.114 e. The summed E-state index contributed by atoms with van der Waals surface area (Å²) in [6, 6.07) is 0. The molecule has 0 aliphatic carbocycles. The van der Waals surface area contributed by atoms with Crippen LogP contribution in [0.25, 0.3) is 0 Å². The van der Waals surface area contributed by atoms with Crippen LogP contribution in [0.3, 0.4) is 0 Å². The molecule has 2 fully saturated rings. The fourth-order valence-electron chi connectivity index (χ4n) is 1.46. The zero-order valence-electron chi connectivity index (χ0n) is 6.85. The van der Waals surface area contributed by atoms with Gasteiger partial charge in [0.25, 0.3) is 0 Å². The maximum absolute atomic E-state index is 9.16. The Morgan fingerprint density at radius 1 is 0.917 bits per heavy atom. The van der Waals surface area contributed by atoms with Crippen LogP contribution in [0.15, 0.2) is 13.2 Å². The monoisotopic (exact) mass is 174 g/mol. The second-order valence-corrected chi connectivity index (χ2v) is 2.73. The first-order valence-corrected chi connectivity index (χ1v) is 3.88. The van der Waals surface area contributed by atoms with Crippen molar-refractivity contribution >= 4 is 0 Å². The van der Waals surface area contributed by atoms with Crippen molar-refractivity contribution in [2.45, 2.75) is 24.4 Å². The summed E-state index contributed by atoms with van der Waals surface area (Å²) >= 11 is 0. The van der Waals surface area contributed by atoms with E-state index in [2.05, 4.69) is 13.2 Å². The lowest BCUT2D eigenvalue weighted by Gasteiger charge is -2.09. The lowest BCUT2D eigenvalue weighted by atomic mass is 10.1. The Balaban J connectivity index is 0.000000336. The van der Waals surface area contributed by atoms with Crippen LogP contribution in [0.1, 0.15) is 0 Å². The number of ether oxygens (including phenoxy) is 2. The summed E-state index contributed by atoms with van der Waals surface area (Å²) in [4.78, 5) is 0. The van der Waals surface area contributed by atoms with Crippen molar-refractivity contribution in [3.05, 3.63) is 13.2 Å². The van der Waals surface area contributed by atoms with Gasteiger partial charge in [-0.2, -0.15) is 0 Å². The van der Waals surface area contributed by atoms with Crippen LogP contribution in [0, 0.1) is 0 Å².